The average Bonchev–Trinajstić information content (AvgIpc) is 2.71. The second kappa shape index (κ2) is 10.7. The zero-order chi connectivity index (χ0) is 21.4. The highest BCUT2D eigenvalue weighted by Gasteiger charge is 2.26. The lowest BCUT2D eigenvalue weighted by molar-refractivity contribution is -0.882. The lowest BCUT2D eigenvalue weighted by Gasteiger charge is -2.30. The Hall–Kier alpha value is -2.81. The summed E-state index contributed by atoms with van der Waals surface area (Å²) < 4.78 is 15.4. The highest BCUT2D eigenvalue weighted by molar-refractivity contribution is 5.92. The summed E-state index contributed by atoms with van der Waals surface area (Å²) in [6.45, 7) is 5.61. The standard InChI is InChI=1S/C20H29N3O6/c1-5-22(12-18(24)21-20(26)29-6-2)13-19(25)23-8-7-14-9-16(27-3)17(28-4)10-15(14)11-23/h9-10H,5-8,11-13H2,1-4H3,(H,21,24,26)/p+1. The molecule has 0 saturated carbocycles. The number of nitrogens with zero attached hydrogens (tertiary/aromatic N) is 1. The fraction of sp³-hybridized carbons (Fsp3) is 0.550. The van der Waals surface area contributed by atoms with E-state index in [4.69, 9.17) is 14.2 Å². The van der Waals surface area contributed by atoms with Gasteiger partial charge >= 0.3 is 6.09 Å². The van der Waals surface area contributed by atoms with Gasteiger partial charge in [-0.3, -0.25) is 14.9 Å². The Morgan fingerprint density at radius 2 is 1.72 bits per heavy atom. The maximum absolute atomic E-state index is 12.8. The minimum atomic E-state index is -0.767. The van der Waals surface area contributed by atoms with E-state index in [1.807, 2.05) is 19.1 Å². The largest absolute Gasteiger partial charge is 0.493 e. The zero-order valence-electron chi connectivity index (χ0n) is 17.5. The van der Waals surface area contributed by atoms with E-state index in [-0.39, 0.29) is 25.6 Å². The number of carbonyl (C=O) groups excluding carboxylic acids is 3. The normalized spacial score (nSPS) is 13.9. The maximum atomic E-state index is 12.8. The molecule has 1 atom stereocenters. The molecule has 0 aromatic heterocycles. The summed E-state index contributed by atoms with van der Waals surface area (Å²) in [6, 6.07) is 3.87. The topological polar surface area (TPSA) is 98.6 Å². The number of alkyl carbamates (subject to hydrolysis) is 1. The molecule has 1 heterocycles. The van der Waals surface area contributed by atoms with Crippen LogP contribution in [0.4, 0.5) is 4.79 Å². The summed E-state index contributed by atoms with van der Waals surface area (Å²) in [7, 11) is 3.18. The van der Waals surface area contributed by atoms with Crippen molar-refractivity contribution in [3.63, 3.8) is 0 Å². The van der Waals surface area contributed by atoms with Gasteiger partial charge in [0.25, 0.3) is 11.8 Å². The van der Waals surface area contributed by atoms with Crippen molar-refractivity contribution in [3.05, 3.63) is 23.3 Å². The molecule has 160 valence electrons. The molecule has 29 heavy (non-hydrogen) atoms. The number of nitrogens with one attached hydrogen (secondary N) is 2. The van der Waals surface area contributed by atoms with E-state index in [1.54, 1.807) is 26.0 Å². The number of imide groups is 1. The maximum Gasteiger partial charge on any atom is 0.414 e. The molecule has 1 aliphatic rings. The van der Waals surface area contributed by atoms with E-state index in [0.29, 0.717) is 31.1 Å². The van der Waals surface area contributed by atoms with E-state index >= 15 is 0 Å². The molecule has 0 bridgehead atoms. The summed E-state index contributed by atoms with van der Waals surface area (Å²) in [5, 5.41) is 2.16. The van der Waals surface area contributed by atoms with E-state index in [1.165, 1.54) is 0 Å². The van der Waals surface area contributed by atoms with Gasteiger partial charge in [-0.2, -0.15) is 0 Å². The van der Waals surface area contributed by atoms with Crippen molar-refractivity contribution in [1.29, 1.82) is 0 Å². The van der Waals surface area contributed by atoms with Gasteiger partial charge in [0, 0.05) is 13.1 Å². The molecule has 2 rings (SSSR count). The summed E-state index contributed by atoms with van der Waals surface area (Å²) in [4.78, 5) is 38.7. The number of ether oxygens (including phenoxy) is 3. The Labute approximate surface area is 170 Å². The molecule has 1 unspecified atom stereocenters. The van der Waals surface area contributed by atoms with Crippen LogP contribution in [-0.4, -0.2) is 69.8 Å². The fourth-order valence-electron chi connectivity index (χ4n) is 3.29. The predicted octanol–water partition coefficient (Wildman–Crippen LogP) is -0.234. The number of carbonyl (C=O) groups is 3. The average molecular weight is 408 g/mol. The van der Waals surface area contributed by atoms with Crippen molar-refractivity contribution in [2.45, 2.75) is 26.8 Å². The highest BCUT2D eigenvalue weighted by atomic mass is 16.5. The van der Waals surface area contributed by atoms with Gasteiger partial charge in [0.1, 0.15) is 0 Å². The first kappa shape index (κ1) is 22.5. The molecule has 0 fully saturated rings. The van der Waals surface area contributed by atoms with Gasteiger partial charge in [-0.25, -0.2) is 4.79 Å². The van der Waals surface area contributed by atoms with E-state index < -0.39 is 12.0 Å². The molecule has 1 aliphatic heterocycles. The van der Waals surface area contributed by atoms with Gasteiger partial charge in [0.05, 0.1) is 27.4 Å². The summed E-state index contributed by atoms with van der Waals surface area (Å²) in [6.07, 6.45) is -0.0389. The third-order valence-electron chi connectivity index (χ3n) is 4.90. The minimum Gasteiger partial charge on any atom is -0.493 e. The van der Waals surface area contributed by atoms with Crippen LogP contribution >= 0.6 is 0 Å². The molecular weight excluding hydrogens is 378 g/mol. The van der Waals surface area contributed by atoms with Crippen molar-refractivity contribution in [1.82, 2.24) is 10.2 Å². The summed E-state index contributed by atoms with van der Waals surface area (Å²) >= 11 is 0. The Morgan fingerprint density at radius 1 is 1.07 bits per heavy atom. The number of fused-ring (bicyclic) bond motifs is 1. The van der Waals surface area contributed by atoms with Crippen LogP contribution in [0.5, 0.6) is 11.5 Å². The van der Waals surface area contributed by atoms with Gasteiger partial charge in [0.2, 0.25) is 0 Å². The number of quaternary nitrogens is 1. The van der Waals surface area contributed by atoms with Crippen LogP contribution in [0.15, 0.2) is 12.1 Å². The van der Waals surface area contributed by atoms with E-state index in [2.05, 4.69) is 5.32 Å². The monoisotopic (exact) mass is 408 g/mol. The Kier molecular flexibility index (Phi) is 8.26. The second-order valence-electron chi connectivity index (χ2n) is 6.77. The minimum absolute atomic E-state index is 0.0243. The van der Waals surface area contributed by atoms with Crippen molar-refractivity contribution < 1.29 is 33.5 Å². The first-order chi connectivity index (χ1) is 13.9. The van der Waals surface area contributed by atoms with Gasteiger partial charge < -0.3 is 24.0 Å². The number of likely N-dealkylation sites (N-methyl/N-ethyl adjacent to an activating group) is 1. The number of hydrogen-bond acceptors (Lipinski definition) is 6. The summed E-state index contributed by atoms with van der Waals surface area (Å²) in [5.41, 5.74) is 2.17. The Bertz CT molecular complexity index is 752. The first-order valence-electron chi connectivity index (χ1n) is 9.73. The smallest absolute Gasteiger partial charge is 0.414 e. The first-order valence-corrected chi connectivity index (χ1v) is 9.73. The molecule has 1 aromatic rings. The van der Waals surface area contributed by atoms with Crippen molar-refractivity contribution >= 4 is 17.9 Å². The SMILES string of the molecule is CCOC(=O)NC(=O)C[NH+](CC)CC(=O)N1CCc2cc(OC)c(OC)cc2C1. The molecule has 0 spiro atoms. The summed E-state index contributed by atoms with van der Waals surface area (Å²) in [5.74, 6) is 0.817. The van der Waals surface area contributed by atoms with Crippen LogP contribution in [0.2, 0.25) is 0 Å². The lowest BCUT2D eigenvalue weighted by Crippen LogP contribution is -3.14. The van der Waals surface area contributed by atoms with Crippen molar-refractivity contribution in [2.75, 3.05) is 47.0 Å². The molecule has 1 aromatic carbocycles. The number of rotatable bonds is 8. The molecule has 9 heteroatoms. The second-order valence-corrected chi connectivity index (χ2v) is 6.77. The van der Waals surface area contributed by atoms with Crippen LogP contribution in [-0.2, 0) is 27.3 Å². The number of methoxy groups -OCH3 is 2. The van der Waals surface area contributed by atoms with E-state index in [0.717, 1.165) is 22.4 Å². The number of benzene rings is 1. The molecule has 3 amide bonds. The molecule has 2 N–H and O–H groups in total. The highest BCUT2D eigenvalue weighted by Crippen LogP contribution is 2.33. The van der Waals surface area contributed by atoms with Gasteiger partial charge in [-0.05, 0) is 43.5 Å². The predicted molar refractivity (Wildman–Crippen MR) is 105 cm³/mol. The molecule has 0 aliphatic carbocycles. The van der Waals surface area contributed by atoms with Gasteiger partial charge in [-0.15, -0.1) is 0 Å². The van der Waals surface area contributed by atoms with Gasteiger partial charge in [0.15, 0.2) is 24.6 Å². The van der Waals surface area contributed by atoms with Crippen LogP contribution in [0, 0.1) is 0 Å². The fourth-order valence-corrected chi connectivity index (χ4v) is 3.29. The lowest BCUT2D eigenvalue weighted by atomic mass is 9.98. The Morgan fingerprint density at radius 3 is 2.31 bits per heavy atom. The van der Waals surface area contributed by atoms with Crippen molar-refractivity contribution in [2.24, 2.45) is 0 Å². The molecule has 0 radical (unpaired) electrons. The van der Waals surface area contributed by atoms with Crippen LogP contribution in [0.3, 0.4) is 0 Å². The van der Waals surface area contributed by atoms with Crippen LogP contribution in [0.25, 0.3) is 0 Å². The van der Waals surface area contributed by atoms with Crippen LogP contribution < -0.4 is 19.7 Å². The van der Waals surface area contributed by atoms with Crippen LogP contribution in [0.1, 0.15) is 25.0 Å². The third-order valence-corrected chi connectivity index (χ3v) is 4.90. The Balaban J connectivity index is 1.96. The third kappa shape index (κ3) is 6.08. The molecule has 9 nitrogen and oxygen atoms in total. The quantitative estimate of drug-likeness (QED) is 0.616. The number of amides is 3. The zero-order valence-corrected chi connectivity index (χ0v) is 17.5. The molecule has 0 saturated heterocycles. The van der Waals surface area contributed by atoms with Crippen molar-refractivity contribution in [3.8, 4) is 11.5 Å². The number of hydrogen-bond donors (Lipinski definition) is 2. The molecular formula is C20H30N3O6+. The van der Waals surface area contributed by atoms with Gasteiger partial charge in [-0.1, -0.05) is 0 Å². The van der Waals surface area contributed by atoms with E-state index in [9.17, 15) is 14.4 Å².